The van der Waals surface area contributed by atoms with Crippen molar-refractivity contribution in [3.8, 4) is 0 Å². The molecule has 0 atom stereocenters. The van der Waals surface area contributed by atoms with Gasteiger partial charge in [-0.25, -0.2) is 0 Å². The van der Waals surface area contributed by atoms with Crippen molar-refractivity contribution in [2.24, 2.45) is 15.2 Å². The Morgan fingerprint density at radius 1 is 1.40 bits per heavy atom. The molecule has 0 amide bonds. The van der Waals surface area contributed by atoms with Crippen LogP contribution < -0.4 is 15.9 Å². The molecule has 9 heteroatoms. The monoisotopic (exact) mass is 313 g/mol. The highest BCUT2D eigenvalue weighted by Crippen LogP contribution is 2.14. The van der Waals surface area contributed by atoms with Crippen LogP contribution in [-0.4, -0.2) is 38.1 Å². The average Bonchev–Trinajstić information content (AvgIpc) is 2.46. The fourth-order valence-corrected chi connectivity index (χ4v) is 3.29. The molecular weight excluding hydrogens is 298 g/mol. The Hall–Kier alpha value is -1.42. The van der Waals surface area contributed by atoms with Crippen molar-refractivity contribution in [2.75, 3.05) is 18.8 Å². The van der Waals surface area contributed by atoms with E-state index in [-0.39, 0.29) is 18.3 Å². The van der Waals surface area contributed by atoms with Crippen molar-refractivity contribution in [1.82, 2.24) is 10.1 Å². The number of hydrogen-bond acceptors (Lipinski definition) is 5. The number of nitrogens with one attached hydrogen (secondary N) is 2. The van der Waals surface area contributed by atoms with Crippen LogP contribution in [0.2, 0.25) is 0 Å². The zero-order valence-electron chi connectivity index (χ0n) is 10.6. The number of rotatable bonds is 5. The summed E-state index contributed by atoms with van der Waals surface area (Å²) in [5.74, 6) is 0.558. The molecule has 1 heterocycles. The molecule has 4 N–H and O–H groups in total. The van der Waals surface area contributed by atoms with E-state index in [0.29, 0.717) is 5.75 Å². The molecule has 0 saturated heterocycles. The molecule has 1 aromatic rings. The van der Waals surface area contributed by atoms with Gasteiger partial charge in [-0.1, -0.05) is 42.1 Å². The molecule has 0 aliphatic carbocycles. The molecular formula is C11H15N5O2S2. The van der Waals surface area contributed by atoms with Crippen molar-refractivity contribution < 1.29 is 8.42 Å². The van der Waals surface area contributed by atoms with E-state index in [4.69, 9.17) is 5.73 Å². The molecule has 0 aromatic heterocycles. The predicted octanol–water partition coefficient (Wildman–Crippen LogP) is -0.124. The second-order valence-electron chi connectivity index (χ2n) is 3.88. The normalized spacial score (nSPS) is 17.6. The van der Waals surface area contributed by atoms with Crippen LogP contribution in [0.1, 0.15) is 5.56 Å². The number of amidine groups is 1. The summed E-state index contributed by atoms with van der Waals surface area (Å²) in [6.45, 7) is 0.378. The van der Waals surface area contributed by atoms with E-state index >= 15 is 0 Å². The van der Waals surface area contributed by atoms with Gasteiger partial charge in [-0.3, -0.25) is 5.43 Å². The molecule has 1 aliphatic heterocycles. The fourth-order valence-electron chi connectivity index (χ4n) is 1.47. The van der Waals surface area contributed by atoms with Gasteiger partial charge in [-0.15, -0.1) is 4.40 Å². The molecule has 1 aromatic carbocycles. The van der Waals surface area contributed by atoms with Gasteiger partial charge in [0.1, 0.15) is 0 Å². The lowest BCUT2D eigenvalue weighted by atomic mass is 10.1. The second-order valence-corrected chi connectivity index (χ2v) is 6.26. The molecule has 0 bridgehead atoms. The Morgan fingerprint density at radius 3 is 2.75 bits per heavy atom. The number of hydrogen-bond donors (Lipinski definition) is 3. The molecule has 0 unspecified atom stereocenters. The molecule has 0 spiro atoms. The van der Waals surface area contributed by atoms with Crippen molar-refractivity contribution in [3.63, 3.8) is 0 Å². The Morgan fingerprint density at radius 2 is 2.15 bits per heavy atom. The maximum Gasteiger partial charge on any atom is 0.322 e. The highest BCUT2D eigenvalue weighted by Gasteiger charge is 2.16. The smallest absolute Gasteiger partial charge is 0.322 e. The number of nitrogens with zero attached hydrogens (tertiary/aromatic N) is 2. The summed E-state index contributed by atoms with van der Waals surface area (Å²) in [5.41, 5.74) is 9.73. The van der Waals surface area contributed by atoms with Crippen molar-refractivity contribution in [2.45, 2.75) is 0 Å². The average molecular weight is 313 g/mol. The summed E-state index contributed by atoms with van der Waals surface area (Å²) in [5, 5.41) is 4.39. The lowest BCUT2D eigenvalue weighted by molar-refractivity contribution is 0.584. The third-order valence-corrected chi connectivity index (χ3v) is 4.35. The Labute approximate surface area is 121 Å². The van der Waals surface area contributed by atoms with Crippen molar-refractivity contribution >= 4 is 32.9 Å². The minimum absolute atomic E-state index is 0.155. The SMILES string of the molecule is NCCNS(=O)(=O)/N=C1/NN=C(c2ccccc2)CS1. The van der Waals surface area contributed by atoms with Gasteiger partial charge in [-0.2, -0.15) is 18.2 Å². The zero-order valence-corrected chi connectivity index (χ0v) is 12.2. The van der Waals surface area contributed by atoms with Crippen LogP contribution in [0.5, 0.6) is 0 Å². The summed E-state index contributed by atoms with van der Waals surface area (Å²) in [4.78, 5) is 0. The minimum Gasteiger partial charge on any atom is -0.329 e. The van der Waals surface area contributed by atoms with E-state index in [0.717, 1.165) is 11.3 Å². The van der Waals surface area contributed by atoms with E-state index in [2.05, 4.69) is 19.6 Å². The lowest BCUT2D eigenvalue weighted by Gasteiger charge is -2.14. The molecule has 0 saturated carbocycles. The minimum atomic E-state index is -3.72. The summed E-state index contributed by atoms with van der Waals surface area (Å²) in [6.07, 6.45) is 0. The summed E-state index contributed by atoms with van der Waals surface area (Å²) in [6, 6.07) is 9.67. The van der Waals surface area contributed by atoms with Gasteiger partial charge in [0, 0.05) is 18.8 Å². The standard InChI is InChI=1S/C11H15N5O2S2/c12-6-7-13-20(17,18)16-11-15-14-10(8-19-11)9-4-2-1-3-5-9/h1-5,13H,6-8,12H2,(H,15,16). The van der Waals surface area contributed by atoms with Crippen LogP contribution in [0.25, 0.3) is 0 Å². The fraction of sp³-hybridized carbons (Fsp3) is 0.273. The van der Waals surface area contributed by atoms with Crippen LogP contribution in [0.15, 0.2) is 39.8 Å². The third kappa shape index (κ3) is 4.30. The summed E-state index contributed by atoms with van der Waals surface area (Å²) >= 11 is 1.28. The quantitative estimate of drug-likeness (QED) is 0.702. The van der Waals surface area contributed by atoms with E-state index in [1.165, 1.54) is 11.8 Å². The van der Waals surface area contributed by atoms with Crippen LogP contribution >= 0.6 is 11.8 Å². The van der Waals surface area contributed by atoms with Crippen molar-refractivity contribution in [1.29, 1.82) is 0 Å². The third-order valence-electron chi connectivity index (χ3n) is 2.37. The molecule has 0 fully saturated rings. The number of nitrogens with two attached hydrogens (primary N) is 1. The van der Waals surface area contributed by atoms with Gasteiger partial charge in [-0.05, 0) is 5.56 Å². The number of hydrazone groups is 1. The van der Waals surface area contributed by atoms with E-state index in [9.17, 15) is 8.42 Å². The first-order chi connectivity index (χ1) is 9.61. The van der Waals surface area contributed by atoms with E-state index < -0.39 is 10.2 Å². The first-order valence-corrected chi connectivity index (χ1v) is 8.34. The van der Waals surface area contributed by atoms with Crippen LogP contribution in [0, 0.1) is 0 Å². The lowest BCUT2D eigenvalue weighted by Crippen LogP contribution is -2.31. The maximum atomic E-state index is 11.6. The molecule has 2 rings (SSSR count). The Bertz CT molecular complexity index is 613. The second kappa shape index (κ2) is 6.84. The van der Waals surface area contributed by atoms with E-state index in [1.54, 1.807) is 0 Å². The Balaban J connectivity index is 2.05. The van der Waals surface area contributed by atoms with Gasteiger partial charge in [0.05, 0.1) is 5.71 Å². The highest BCUT2D eigenvalue weighted by molar-refractivity contribution is 8.15. The zero-order chi connectivity index (χ0) is 14.4. The largest absolute Gasteiger partial charge is 0.329 e. The van der Waals surface area contributed by atoms with Gasteiger partial charge in [0.15, 0.2) is 5.17 Å². The van der Waals surface area contributed by atoms with E-state index in [1.807, 2.05) is 30.3 Å². The molecule has 0 radical (unpaired) electrons. The van der Waals surface area contributed by atoms with Gasteiger partial charge < -0.3 is 5.73 Å². The first kappa shape index (κ1) is 15.0. The number of benzene rings is 1. The summed E-state index contributed by atoms with van der Waals surface area (Å²) in [7, 11) is -3.72. The molecule has 20 heavy (non-hydrogen) atoms. The van der Waals surface area contributed by atoms with Gasteiger partial charge in [0.25, 0.3) is 0 Å². The van der Waals surface area contributed by atoms with Crippen LogP contribution in [0.4, 0.5) is 0 Å². The maximum absolute atomic E-state index is 11.6. The molecule has 1 aliphatic rings. The van der Waals surface area contributed by atoms with Gasteiger partial charge >= 0.3 is 10.2 Å². The first-order valence-electron chi connectivity index (χ1n) is 5.91. The Kier molecular flexibility index (Phi) is 5.12. The van der Waals surface area contributed by atoms with Gasteiger partial charge in [0.2, 0.25) is 0 Å². The topological polar surface area (TPSA) is 109 Å². The van der Waals surface area contributed by atoms with Crippen LogP contribution in [0.3, 0.4) is 0 Å². The highest BCUT2D eigenvalue weighted by atomic mass is 32.2. The van der Waals surface area contributed by atoms with Crippen LogP contribution in [-0.2, 0) is 10.2 Å². The number of thioether (sulfide) groups is 1. The van der Waals surface area contributed by atoms with Crippen molar-refractivity contribution in [3.05, 3.63) is 35.9 Å². The molecule has 108 valence electrons. The summed E-state index contributed by atoms with van der Waals surface area (Å²) < 4.78 is 29.0. The molecule has 7 nitrogen and oxygen atoms in total. The predicted molar refractivity (Wildman–Crippen MR) is 82.0 cm³/mol.